The van der Waals surface area contributed by atoms with Crippen molar-refractivity contribution in [1.29, 1.82) is 0 Å². The molecule has 0 N–H and O–H groups in total. The minimum absolute atomic E-state index is 0.247. The first kappa shape index (κ1) is 11.3. The van der Waals surface area contributed by atoms with Crippen LogP contribution >= 0.6 is 0 Å². The van der Waals surface area contributed by atoms with Gasteiger partial charge in [-0.2, -0.15) is 0 Å². The van der Waals surface area contributed by atoms with Gasteiger partial charge in [-0.1, -0.05) is 6.92 Å². The highest BCUT2D eigenvalue weighted by Gasteiger charge is 2.37. The fourth-order valence-electron chi connectivity index (χ4n) is 3.33. The molecule has 4 nitrogen and oxygen atoms in total. The highest BCUT2D eigenvalue weighted by molar-refractivity contribution is 5.74. The first-order chi connectivity index (χ1) is 8.22. The van der Waals surface area contributed by atoms with E-state index >= 15 is 0 Å². The number of hydrogen-bond donors (Lipinski definition) is 0. The summed E-state index contributed by atoms with van der Waals surface area (Å²) >= 11 is 0. The quantitative estimate of drug-likeness (QED) is 0.643. The summed E-state index contributed by atoms with van der Waals surface area (Å²) in [4.78, 5) is 16.5. The topological polar surface area (TPSA) is 32.8 Å². The molecule has 3 fully saturated rings. The summed E-state index contributed by atoms with van der Waals surface area (Å²) < 4.78 is 5.77. The average molecular weight is 238 g/mol. The van der Waals surface area contributed by atoms with Crippen LogP contribution in [0.3, 0.4) is 0 Å². The Labute approximate surface area is 103 Å². The standard InChI is InChI=1S/C13H22N2O2/c1-10-3-2-6-14(7-10)13(16)15-8-11-4-5-12(9-15)17-11/h10-12H,2-9H2,1H3. The van der Waals surface area contributed by atoms with Crippen molar-refractivity contribution in [2.24, 2.45) is 5.92 Å². The van der Waals surface area contributed by atoms with Gasteiger partial charge in [-0.15, -0.1) is 0 Å². The van der Waals surface area contributed by atoms with Crippen molar-refractivity contribution < 1.29 is 9.53 Å². The number of piperidine rings is 1. The Balaban J connectivity index is 1.61. The zero-order valence-electron chi connectivity index (χ0n) is 10.6. The molecule has 3 aliphatic heterocycles. The lowest BCUT2D eigenvalue weighted by atomic mass is 10.0. The van der Waals surface area contributed by atoms with E-state index in [1.165, 1.54) is 6.42 Å². The second kappa shape index (κ2) is 4.48. The predicted molar refractivity (Wildman–Crippen MR) is 64.8 cm³/mol. The van der Waals surface area contributed by atoms with Crippen LogP contribution in [0.2, 0.25) is 0 Å². The first-order valence-electron chi connectivity index (χ1n) is 6.91. The van der Waals surface area contributed by atoms with Crippen LogP contribution in [-0.4, -0.2) is 54.2 Å². The lowest BCUT2D eigenvalue weighted by Gasteiger charge is -2.38. The smallest absolute Gasteiger partial charge is 0.320 e. The highest BCUT2D eigenvalue weighted by Crippen LogP contribution is 2.27. The maximum Gasteiger partial charge on any atom is 0.320 e. The molecule has 3 unspecified atom stereocenters. The maximum atomic E-state index is 12.4. The molecule has 3 heterocycles. The number of likely N-dealkylation sites (tertiary alicyclic amines) is 2. The van der Waals surface area contributed by atoms with Gasteiger partial charge in [0, 0.05) is 26.2 Å². The number of morpholine rings is 1. The summed E-state index contributed by atoms with van der Waals surface area (Å²) in [5, 5.41) is 0. The van der Waals surface area contributed by atoms with Crippen molar-refractivity contribution in [2.75, 3.05) is 26.2 Å². The van der Waals surface area contributed by atoms with Gasteiger partial charge in [0.1, 0.15) is 0 Å². The summed E-state index contributed by atoms with van der Waals surface area (Å²) in [5.41, 5.74) is 0. The number of carbonyl (C=O) groups excluding carboxylic acids is 1. The van der Waals surface area contributed by atoms with E-state index in [2.05, 4.69) is 6.92 Å². The van der Waals surface area contributed by atoms with Crippen LogP contribution in [0.5, 0.6) is 0 Å². The lowest BCUT2D eigenvalue weighted by molar-refractivity contribution is -0.0298. The van der Waals surface area contributed by atoms with Gasteiger partial charge in [-0.05, 0) is 31.6 Å². The van der Waals surface area contributed by atoms with E-state index in [1.54, 1.807) is 0 Å². The molecule has 17 heavy (non-hydrogen) atoms. The Hall–Kier alpha value is -0.770. The second-order valence-electron chi connectivity index (χ2n) is 5.84. The maximum absolute atomic E-state index is 12.4. The molecule has 96 valence electrons. The van der Waals surface area contributed by atoms with Crippen molar-refractivity contribution in [2.45, 2.75) is 44.8 Å². The molecule has 0 aromatic rings. The third kappa shape index (κ3) is 2.28. The predicted octanol–water partition coefficient (Wildman–Crippen LogP) is 1.70. The third-order valence-corrected chi connectivity index (χ3v) is 4.24. The molecule has 3 atom stereocenters. The van der Waals surface area contributed by atoms with E-state index in [4.69, 9.17) is 4.74 Å². The van der Waals surface area contributed by atoms with Crippen LogP contribution in [0.25, 0.3) is 0 Å². The van der Waals surface area contributed by atoms with Gasteiger partial charge in [0.2, 0.25) is 0 Å². The molecule has 0 aromatic heterocycles. The van der Waals surface area contributed by atoms with E-state index in [0.29, 0.717) is 18.1 Å². The number of hydrogen-bond acceptors (Lipinski definition) is 2. The largest absolute Gasteiger partial charge is 0.371 e. The van der Waals surface area contributed by atoms with Crippen molar-refractivity contribution in [3.8, 4) is 0 Å². The molecule has 3 aliphatic rings. The van der Waals surface area contributed by atoms with Crippen LogP contribution in [0.4, 0.5) is 4.79 Å². The Bertz CT molecular complexity index is 296. The minimum atomic E-state index is 0.247. The van der Waals surface area contributed by atoms with Gasteiger partial charge < -0.3 is 14.5 Å². The van der Waals surface area contributed by atoms with Crippen molar-refractivity contribution in [1.82, 2.24) is 9.80 Å². The summed E-state index contributed by atoms with van der Waals surface area (Å²) in [6, 6.07) is 0.247. The monoisotopic (exact) mass is 238 g/mol. The Morgan fingerprint density at radius 1 is 1.06 bits per heavy atom. The number of ether oxygens (including phenoxy) is 1. The average Bonchev–Trinajstić information content (AvgIpc) is 2.67. The molecule has 0 saturated carbocycles. The summed E-state index contributed by atoms with van der Waals surface area (Å²) in [7, 11) is 0. The van der Waals surface area contributed by atoms with E-state index < -0.39 is 0 Å². The Kier molecular flexibility index (Phi) is 2.99. The molecule has 0 radical (unpaired) electrons. The summed E-state index contributed by atoms with van der Waals surface area (Å²) in [5.74, 6) is 0.658. The van der Waals surface area contributed by atoms with Gasteiger partial charge in [0.25, 0.3) is 0 Å². The summed E-state index contributed by atoms with van der Waals surface area (Å²) in [6.45, 7) is 5.73. The zero-order valence-corrected chi connectivity index (χ0v) is 10.6. The molecule has 2 amide bonds. The van der Waals surface area contributed by atoms with E-state index in [1.807, 2.05) is 9.80 Å². The molecule has 2 bridgehead atoms. The number of fused-ring (bicyclic) bond motifs is 2. The highest BCUT2D eigenvalue weighted by atomic mass is 16.5. The second-order valence-corrected chi connectivity index (χ2v) is 5.84. The lowest BCUT2D eigenvalue weighted by Crippen LogP contribution is -2.53. The van der Waals surface area contributed by atoms with Crippen molar-refractivity contribution in [3.63, 3.8) is 0 Å². The molecule has 0 aromatic carbocycles. The number of amides is 2. The number of urea groups is 1. The van der Waals surface area contributed by atoms with Gasteiger partial charge in [0.15, 0.2) is 0 Å². The van der Waals surface area contributed by atoms with Gasteiger partial charge >= 0.3 is 6.03 Å². The fourth-order valence-corrected chi connectivity index (χ4v) is 3.33. The zero-order chi connectivity index (χ0) is 11.8. The van der Waals surface area contributed by atoms with E-state index in [9.17, 15) is 4.79 Å². The third-order valence-electron chi connectivity index (χ3n) is 4.24. The minimum Gasteiger partial charge on any atom is -0.371 e. The van der Waals surface area contributed by atoms with Crippen molar-refractivity contribution >= 4 is 6.03 Å². The number of rotatable bonds is 0. The van der Waals surface area contributed by atoms with Crippen LogP contribution in [0.1, 0.15) is 32.6 Å². The molecular formula is C13H22N2O2. The van der Waals surface area contributed by atoms with Gasteiger partial charge in [0.05, 0.1) is 12.2 Å². The molecular weight excluding hydrogens is 216 g/mol. The Morgan fingerprint density at radius 2 is 1.76 bits per heavy atom. The molecule has 0 spiro atoms. The van der Waals surface area contributed by atoms with E-state index in [0.717, 1.165) is 45.4 Å². The number of carbonyl (C=O) groups is 1. The molecule has 3 rings (SSSR count). The van der Waals surface area contributed by atoms with Crippen LogP contribution < -0.4 is 0 Å². The number of nitrogens with zero attached hydrogens (tertiary/aromatic N) is 2. The van der Waals surface area contributed by atoms with Crippen molar-refractivity contribution in [3.05, 3.63) is 0 Å². The Morgan fingerprint density at radius 3 is 2.41 bits per heavy atom. The molecule has 3 saturated heterocycles. The van der Waals surface area contributed by atoms with Crippen LogP contribution in [0.15, 0.2) is 0 Å². The first-order valence-corrected chi connectivity index (χ1v) is 6.91. The SMILES string of the molecule is CC1CCCN(C(=O)N2CC3CCC(C2)O3)C1. The molecule has 0 aliphatic carbocycles. The fraction of sp³-hybridized carbons (Fsp3) is 0.923. The summed E-state index contributed by atoms with van der Waals surface area (Å²) in [6.07, 6.45) is 5.29. The van der Waals surface area contributed by atoms with E-state index in [-0.39, 0.29) is 6.03 Å². The normalized spacial score (nSPS) is 37.4. The van der Waals surface area contributed by atoms with Crippen LogP contribution in [-0.2, 0) is 4.74 Å². The van der Waals surface area contributed by atoms with Gasteiger partial charge in [-0.25, -0.2) is 4.79 Å². The van der Waals surface area contributed by atoms with Crippen LogP contribution in [0, 0.1) is 5.92 Å². The van der Waals surface area contributed by atoms with Gasteiger partial charge in [-0.3, -0.25) is 0 Å². The molecule has 4 heteroatoms.